The van der Waals surface area contributed by atoms with E-state index in [2.05, 4.69) is 10.6 Å². The summed E-state index contributed by atoms with van der Waals surface area (Å²) in [5.74, 6) is 0.0858. The Morgan fingerprint density at radius 2 is 2.17 bits per heavy atom. The molecule has 0 radical (unpaired) electrons. The maximum Gasteiger partial charge on any atom is 0.247 e. The predicted octanol–water partition coefficient (Wildman–Crippen LogP) is 4.90. The summed E-state index contributed by atoms with van der Waals surface area (Å²) in [6.45, 7) is 0.824. The number of thiophene rings is 1. The number of rotatable bonds is 3. The van der Waals surface area contributed by atoms with Crippen molar-refractivity contribution >= 4 is 34.9 Å². The van der Waals surface area contributed by atoms with Crippen LogP contribution in [-0.4, -0.2) is 21.9 Å². The molecule has 0 aromatic carbocycles. The van der Waals surface area contributed by atoms with Gasteiger partial charge in [-0.05, 0) is 43.2 Å². The van der Waals surface area contributed by atoms with Gasteiger partial charge in [-0.2, -0.15) is 0 Å². The van der Waals surface area contributed by atoms with E-state index >= 15 is 0 Å². The lowest BCUT2D eigenvalue weighted by Gasteiger charge is -2.29. The smallest absolute Gasteiger partial charge is 0.247 e. The van der Waals surface area contributed by atoms with Gasteiger partial charge in [0.05, 0.1) is 10.4 Å². The van der Waals surface area contributed by atoms with Crippen molar-refractivity contribution in [2.24, 2.45) is 7.05 Å². The zero-order valence-corrected chi connectivity index (χ0v) is 14.8. The zero-order valence-electron chi connectivity index (χ0n) is 13.2. The summed E-state index contributed by atoms with van der Waals surface area (Å²) in [6, 6.07) is 8.13. The van der Waals surface area contributed by atoms with Gasteiger partial charge in [0.1, 0.15) is 0 Å². The van der Waals surface area contributed by atoms with Crippen LogP contribution in [0, 0.1) is 0 Å². The minimum absolute atomic E-state index is 0.0858. The van der Waals surface area contributed by atoms with Gasteiger partial charge in [0.2, 0.25) is 5.91 Å². The third kappa shape index (κ3) is 3.88. The van der Waals surface area contributed by atoms with Crippen molar-refractivity contribution in [3.8, 4) is 0 Å². The first-order valence-electron chi connectivity index (χ1n) is 8.00. The molecule has 1 aliphatic heterocycles. The van der Waals surface area contributed by atoms with E-state index in [4.69, 9.17) is 11.6 Å². The second-order valence-corrected chi connectivity index (χ2v) is 7.66. The van der Waals surface area contributed by atoms with Crippen LogP contribution in [-0.2, 0) is 11.8 Å². The van der Waals surface area contributed by atoms with Crippen molar-refractivity contribution in [2.45, 2.75) is 31.7 Å². The number of likely N-dealkylation sites (tertiary alicyclic amines) is 1. The van der Waals surface area contributed by atoms with Gasteiger partial charge in [0.15, 0.2) is 0 Å². The van der Waals surface area contributed by atoms with Gasteiger partial charge in [-0.1, -0.05) is 24.4 Å². The normalized spacial score (nSPS) is 19.2. The lowest BCUT2D eigenvalue weighted by atomic mass is 10.1. The number of amides is 1. The van der Waals surface area contributed by atoms with Crippen molar-refractivity contribution in [1.82, 2.24) is 9.47 Å². The first kappa shape index (κ1) is 16.3. The van der Waals surface area contributed by atoms with Crippen molar-refractivity contribution in [2.75, 3.05) is 6.54 Å². The summed E-state index contributed by atoms with van der Waals surface area (Å²) < 4.78 is 2.87. The largest absolute Gasteiger partial charge is 0.353 e. The average molecular weight is 349 g/mol. The number of aryl methyl sites for hydroxylation is 1. The molecule has 3 rings (SSSR count). The van der Waals surface area contributed by atoms with E-state index in [1.54, 1.807) is 6.08 Å². The third-order valence-electron chi connectivity index (χ3n) is 4.35. The van der Waals surface area contributed by atoms with E-state index in [0.29, 0.717) is 0 Å². The molecule has 0 saturated carbocycles. The number of hydrogen-bond donors (Lipinski definition) is 0. The van der Waals surface area contributed by atoms with Gasteiger partial charge in [0.25, 0.3) is 0 Å². The molecular weight excluding hydrogens is 328 g/mol. The molecule has 3 heterocycles. The minimum Gasteiger partial charge on any atom is -0.353 e. The van der Waals surface area contributed by atoms with E-state index < -0.39 is 0 Å². The zero-order chi connectivity index (χ0) is 16.2. The Labute approximate surface area is 146 Å². The van der Waals surface area contributed by atoms with Gasteiger partial charge in [0, 0.05) is 36.4 Å². The molecule has 1 fully saturated rings. The molecule has 0 aliphatic carbocycles. The molecule has 0 bridgehead atoms. The summed E-state index contributed by atoms with van der Waals surface area (Å²) in [4.78, 5) is 15.8. The molecule has 2 aromatic rings. The molecule has 0 spiro atoms. The van der Waals surface area contributed by atoms with Crippen LogP contribution in [0.5, 0.6) is 0 Å². The minimum atomic E-state index is 0.0858. The molecule has 2 aromatic heterocycles. The van der Waals surface area contributed by atoms with Crippen LogP contribution in [0.25, 0.3) is 6.08 Å². The van der Waals surface area contributed by atoms with Gasteiger partial charge in [-0.3, -0.25) is 4.79 Å². The standard InChI is InChI=1S/C18H21ClN2OS/c1-20-12-5-7-15(20)16-6-3-2-4-13-21(16)18(22)11-9-14-8-10-17(19)23-14/h5,7-12,16H,2-4,6,13H2,1H3/b11-9+. The highest BCUT2D eigenvalue weighted by Gasteiger charge is 2.26. The van der Waals surface area contributed by atoms with Crippen LogP contribution in [0.15, 0.2) is 36.5 Å². The van der Waals surface area contributed by atoms with E-state index in [1.807, 2.05) is 42.4 Å². The summed E-state index contributed by atoms with van der Waals surface area (Å²) >= 11 is 7.43. The second kappa shape index (κ2) is 7.37. The quantitative estimate of drug-likeness (QED) is 0.724. The van der Waals surface area contributed by atoms with Gasteiger partial charge in [-0.15, -0.1) is 11.3 Å². The molecule has 23 heavy (non-hydrogen) atoms. The van der Waals surface area contributed by atoms with E-state index in [-0.39, 0.29) is 11.9 Å². The molecule has 122 valence electrons. The van der Waals surface area contributed by atoms with Gasteiger partial charge >= 0.3 is 0 Å². The maximum absolute atomic E-state index is 12.7. The van der Waals surface area contributed by atoms with Crippen molar-refractivity contribution in [1.29, 1.82) is 0 Å². The topological polar surface area (TPSA) is 25.2 Å². The highest BCUT2D eigenvalue weighted by atomic mass is 35.5. The number of halogens is 1. The van der Waals surface area contributed by atoms with Crippen molar-refractivity contribution in [3.63, 3.8) is 0 Å². The predicted molar refractivity (Wildman–Crippen MR) is 96.7 cm³/mol. The Kier molecular flexibility index (Phi) is 5.23. The fraction of sp³-hybridized carbons (Fsp3) is 0.389. The highest BCUT2D eigenvalue weighted by molar-refractivity contribution is 7.17. The molecule has 1 unspecified atom stereocenters. The summed E-state index contributed by atoms with van der Waals surface area (Å²) in [5.41, 5.74) is 1.22. The Morgan fingerprint density at radius 1 is 1.30 bits per heavy atom. The van der Waals surface area contributed by atoms with Crippen molar-refractivity contribution in [3.05, 3.63) is 51.4 Å². The number of nitrogens with zero attached hydrogens (tertiary/aromatic N) is 2. The third-order valence-corrected chi connectivity index (χ3v) is 5.54. The molecule has 1 aliphatic rings. The number of carbonyl (C=O) groups excluding carboxylic acids is 1. The Balaban J connectivity index is 1.80. The van der Waals surface area contributed by atoms with E-state index in [1.165, 1.54) is 29.9 Å². The summed E-state index contributed by atoms with van der Waals surface area (Å²) in [5, 5.41) is 0. The van der Waals surface area contributed by atoms with Crippen LogP contribution in [0.4, 0.5) is 0 Å². The molecule has 1 saturated heterocycles. The Bertz CT molecular complexity index is 703. The molecule has 3 nitrogen and oxygen atoms in total. The Hall–Kier alpha value is -1.52. The monoisotopic (exact) mass is 348 g/mol. The number of aromatic nitrogens is 1. The first-order valence-corrected chi connectivity index (χ1v) is 9.20. The summed E-state index contributed by atoms with van der Waals surface area (Å²) in [7, 11) is 2.05. The van der Waals surface area contributed by atoms with Crippen LogP contribution < -0.4 is 0 Å². The highest BCUT2D eigenvalue weighted by Crippen LogP contribution is 2.30. The number of carbonyl (C=O) groups is 1. The SMILES string of the molecule is Cn1cccc1C1CCCCCN1C(=O)/C=C/c1ccc(Cl)s1. The summed E-state index contributed by atoms with van der Waals surface area (Å²) in [6.07, 6.45) is 10.1. The van der Waals surface area contributed by atoms with Crippen LogP contribution in [0.2, 0.25) is 4.34 Å². The van der Waals surface area contributed by atoms with Crippen LogP contribution >= 0.6 is 22.9 Å². The maximum atomic E-state index is 12.7. The molecular formula is C18H21ClN2OS. The molecule has 1 atom stereocenters. The average Bonchev–Trinajstić information content (AvgIpc) is 3.06. The van der Waals surface area contributed by atoms with Crippen molar-refractivity contribution < 1.29 is 4.79 Å². The number of hydrogen-bond acceptors (Lipinski definition) is 2. The van der Waals surface area contributed by atoms with Gasteiger partial charge in [-0.25, -0.2) is 0 Å². The fourth-order valence-corrected chi connectivity index (χ4v) is 4.13. The second-order valence-electron chi connectivity index (χ2n) is 5.92. The van der Waals surface area contributed by atoms with Crippen LogP contribution in [0.3, 0.4) is 0 Å². The van der Waals surface area contributed by atoms with Crippen LogP contribution in [0.1, 0.15) is 42.3 Å². The lowest BCUT2D eigenvalue weighted by Crippen LogP contribution is -2.34. The fourth-order valence-electron chi connectivity index (χ4n) is 3.17. The lowest BCUT2D eigenvalue weighted by molar-refractivity contribution is -0.128. The van der Waals surface area contributed by atoms with E-state index in [9.17, 15) is 4.79 Å². The van der Waals surface area contributed by atoms with Gasteiger partial charge < -0.3 is 9.47 Å². The van der Waals surface area contributed by atoms with E-state index in [0.717, 1.165) is 28.6 Å². The molecule has 1 amide bonds. The molecule has 5 heteroatoms. The Morgan fingerprint density at radius 3 is 2.87 bits per heavy atom. The first-order chi connectivity index (χ1) is 11.1. The molecule has 0 N–H and O–H groups in total.